The molecule has 0 aromatic heterocycles. The molecule has 0 saturated carbocycles. The van der Waals surface area contributed by atoms with Gasteiger partial charge in [-0.2, -0.15) is 9.78 Å². The predicted octanol–water partition coefficient (Wildman–Crippen LogP) is 8.02. The van der Waals surface area contributed by atoms with Gasteiger partial charge >= 0.3 is 11.9 Å². The molecule has 0 aromatic carbocycles. The summed E-state index contributed by atoms with van der Waals surface area (Å²) in [5.74, 6) is -0.661. The molecule has 0 rings (SSSR count). The predicted molar refractivity (Wildman–Crippen MR) is 132 cm³/mol. The van der Waals surface area contributed by atoms with Crippen LogP contribution >= 0.6 is 0 Å². The molecule has 0 bridgehead atoms. The summed E-state index contributed by atoms with van der Waals surface area (Å²) in [6.45, 7) is 13.4. The lowest BCUT2D eigenvalue weighted by atomic mass is 9.94. The van der Waals surface area contributed by atoms with Crippen LogP contribution in [0.3, 0.4) is 0 Å². The zero-order valence-electron chi connectivity index (χ0n) is 22.6. The van der Waals surface area contributed by atoms with E-state index in [4.69, 9.17) is 19.6 Å². The number of hydrogen-bond donors (Lipinski definition) is 0. The lowest BCUT2D eigenvalue weighted by molar-refractivity contribution is -0.323. The van der Waals surface area contributed by atoms with Crippen molar-refractivity contribution in [1.29, 1.82) is 0 Å². The molecule has 0 spiro atoms. The van der Waals surface area contributed by atoms with Crippen LogP contribution in [0.25, 0.3) is 0 Å². The molecule has 0 heterocycles. The number of hydrogen-bond acceptors (Lipinski definition) is 6. The fourth-order valence-electron chi connectivity index (χ4n) is 3.37. The van der Waals surface area contributed by atoms with Crippen molar-refractivity contribution in [3.63, 3.8) is 0 Å². The van der Waals surface area contributed by atoms with Crippen LogP contribution in [0.1, 0.15) is 145 Å². The maximum Gasteiger partial charge on any atom is 0.345 e. The van der Waals surface area contributed by atoms with E-state index in [-0.39, 0.29) is 17.9 Å². The van der Waals surface area contributed by atoms with Crippen molar-refractivity contribution in [1.82, 2.24) is 0 Å². The Kier molecular flexibility index (Phi) is 17.6. The second kappa shape index (κ2) is 18.2. The second-order valence-electron chi connectivity index (χ2n) is 11.2. The monoisotopic (exact) mass is 472 g/mol. The molecule has 0 aliphatic rings. The lowest BCUT2D eigenvalue weighted by Gasteiger charge is -2.20. The van der Waals surface area contributed by atoms with E-state index in [1.54, 1.807) is 0 Å². The molecule has 6 heteroatoms. The number of carbonyl (C=O) groups excluding carboxylic acids is 2. The quantitative estimate of drug-likeness (QED) is 0.108. The molecule has 33 heavy (non-hydrogen) atoms. The van der Waals surface area contributed by atoms with E-state index in [0.717, 1.165) is 51.4 Å². The van der Waals surface area contributed by atoms with Gasteiger partial charge in [0.15, 0.2) is 0 Å². The molecule has 0 saturated heterocycles. The third kappa shape index (κ3) is 22.4. The molecule has 0 aliphatic carbocycles. The standard InChI is InChI=1S/C27H52O6/c1-8-9-10-11-12-14-17-20-23(25(29)31-33-27(5,6)7)21-18-15-13-16-19-22-24(28)30-32-26(2,3)4/h23H,8-22H2,1-7H3. The molecule has 1 unspecified atom stereocenters. The van der Waals surface area contributed by atoms with Crippen molar-refractivity contribution < 1.29 is 29.1 Å². The Morgan fingerprint density at radius 1 is 0.606 bits per heavy atom. The van der Waals surface area contributed by atoms with E-state index in [1.807, 2.05) is 41.5 Å². The first-order valence-corrected chi connectivity index (χ1v) is 13.2. The Bertz CT molecular complexity index is 504. The van der Waals surface area contributed by atoms with Gasteiger partial charge in [-0.25, -0.2) is 9.59 Å². The Morgan fingerprint density at radius 3 is 1.52 bits per heavy atom. The van der Waals surface area contributed by atoms with Gasteiger partial charge in [0.05, 0.1) is 5.92 Å². The highest BCUT2D eigenvalue weighted by Gasteiger charge is 2.23. The molecule has 0 amide bonds. The van der Waals surface area contributed by atoms with Gasteiger partial charge in [-0.3, -0.25) is 9.78 Å². The fraction of sp³-hybridized carbons (Fsp3) is 0.926. The first kappa shape index (κ1) is 31.9. The summed E-state index contributed by atoms with van der Waals surface area (Å²) in [6.07, 6.45) is 15.5. The normalized spacial score (nSPS) is 13.1. The molecule has 0 N–H and O–H groups in total. The summed E-state index contributed by atoms with van der Waals surface area (Å²) >= 11 is 0. The average Bonchev–Trinajstić information content (AvgIpc) is 2.72. The SMILES string of the molecule is CCCCCCCCCC(CCCCCCCC(=O)OOC(C)(C)C)C(=O)OOC(C)(C)C. The maximum absolute atomic E-state index is 12.6. The maximum atomic E-state index is 12.6. The Morgan fingerprint density at radius 2 is 1.03 bits per heavy atom. The van der Waals surface area contributed by atoms with Gasteiger partial charge in [-0.05, 0) is 60.8 Å². The van der Waals surface area contributed by atoms with Crippen LogP contribution in [0.4, 0.5) is 0 Å². The number of unbranched alkanes of at least 4 members (excludes halogenated alkanes) is 10. The minimum absolute atomic E-state index is 0.104. The first-order valence-electron chi connectivity index (χ1n) is 13.2. The zero-order chi connectivity index (χ0) is 25.2. The van der Waals surface area contributed by atoms with E-state index in [0.29, 0.717) is 6.42 Å². The van der Waals surface area contributed by atoms with Crippen molar-refractivity contribution in [3.05, 3.63) is 0 Å². The Labute approximate surface area is 203 Å². The van der Waals surface area contributed by atoms with Crippen molar-refractivity contribution in [2.45, 2.75) is 156 Å². The van der Waals surface area contributed by atoms with E-state index in [1.165, 1.54) is 38.5 Å². The Balaban J connectivity index is 4.14. The van der Waals surface area contributed by atoms with Crippen molar-refractivity contribution in [2.75, 3.05) is 0 Å². The van der Waals surface area contributed by atoms with Crippen LogP contribution < -0.4 is 0 Å². The highest BCUT2D eigenvalue weighted by Crippen LogP contribution is 2.22. The average molecular weight is 473 g/mol. The molecule has 0 aromatic rings. The third-order valence-corrected chi connectivity index (χ3v) is 5.18. The van der Waals surface area contributed by atoms with Crippen molar-refractivity contribution >= 4 is 11.9 Å². The van der Waals surface area contributed by atoms with E-state index < -0.39 is 11.2 Å². The van der Waals surface area contributed by atoms with Gasteiger partial charge in [-0.15, -0.1) is 0 Å². The van der Waals surface area contributed by atoms with E-state index in [9.17, 15) is 9.59 Å². The van der Waals surface area contributed by atoms with Gasteiger partial charge in [0.25, 0.3) is 0 Å². The summed E-state index contributed by atoms with van der Waals surface area (Å²) in [6, 6.07) is 0. The van der Waals surface area contributed by atoms with Gasteiger partial charge < -0.3 is 0 Å². The van der Waals surface area contributed by atoms with Crippen LogP contribution in [0.5, 0.6) is 0 Å². The molecule has 6 nitrogen and oxygen atoms in total. The summed E-state index contributed by atoms with van der Waals surface area (Å²) in [5.41, 5.74) is -0.987. The van der Waals surface area contributed by atoms with Gasteiger partial charge in [-0.1, -0.05) is 77.6 Å². The highest BCUT2D eigenvalue weighted by molar-refractivity contribution is 5.71. The lowest BCUT2D eigenvalue weighted by Crippen LogP contribution is -2.25. The van der Waals surface area contributed by atoms with Gasteiger partial charge in [0, 0.05) is 6.42 Å². The van der Waals surface area contributed by atoms with Crippen molar-refractivity contribution in [3.8, 4) is 0 Å². The first-order chi connectivity index (χ1) is 15.4. The summed E-state index contributed by atoms with van der Waals surface area (Å²) < 4.78 is 0. The van der Waals surface area contributed by atoms with Gasteiger partial charge in [0.2, 0.25) is 0 Å². The van der Waals surface area contributed by atoms with Crippen LogP contribution in [-0.2, 0) is 29.1 Å². The van der Waals surface area contributed by atoms with Crippen molar-refractivity contribution in [2.24, 2.45) is 5.92 Å². The van der Waals surface area contributed by atoms with Gasteiger partial charge in [0.1, 0.15) is 11.2 Å². The summed E-state index contributed by atoms with van der Waals surface area (Å²) in [4.78, 5) is 44.5. The third-order valence-electron chi connectivity index (χ3n) is 5.18. The van der Waals surface area contributed by atoms with Crippen LogP contribution in [0.15, 0.2) is 0 Å². The Hall–Kier alpha value is -1.14. The topological polar surface area (TPSA) is 71.1 Å². The number of rotatable bonds is 19. The molecule has 196 valence electrons. The smallest absolute Gasteiger partial charge is 0.298 e. The van der Waals surface area contributed by atoms with E-state index >= 15 is 0 Å². The minimum atomic E-state index is -0.501. The summed E-state index contributed by atoms with van der Waals surface area (Å²) in [7, 11) is 0. The fourth-order valence-corrected chi connectivity index (χ4v) is 3.37. The van der Waals surface area contributed by atoms with E-state index in [2.05, 4.69) is 6.92 Å². The van der Waals surface area contributed by atoms with Crippen LogP contribution in [-0.4, -0.2) is 23.1 Å². The molecule has 0 fully saturated rings. The second-order valence-corrected chi connectivity index (χ2v) is 11.2. The zero-order valence-corrected chi connectivity index (χ0v) is 22.6. The molecule has 1 atom stereocenters. The van der Waals surface area contributed by atoms with Crippen LogP contribution in [0, 0.1) is 5.92 Å². The molecule has 0 aliphatic heterocycles. The molecular formula is C27H52O6. The highest BCUT2D eigenvalue weighted by atomic mass is 17.2. The molecule has 0 radical (unpaired) electrons. The molecular weight excluding hydrogens is 420 g/mol. The number of carbonyl (C=O) groups is 2. The summed E-state index contributed by atoms with van der Waals surface area (Å²) in [5, 5.41) is 0. The van der Waals surface area contributed by atoms with Crippen LogP contribution in [0.2, 0.25) is 0 Å². The minimum Gasteiger partial charge on any atom is -0.298 e. The largest absolute Gasteiger partial charge is 0.345 e.